The van der Waals surface area contributed by atoms with Gasteiger partial charge in [0.15, 0.2) is 0 Å². The molecule has 0 bridgehead atoms. The molecule has 3 nitrogen and oxygen atoms in total. The first-order valence-electron chi connectivity index (χ1n) is 7.90. The third kappa shape index (κ3) is 4.85. The van der Waals surface area contributed by atoms with Crippen molar-refractivity contribution in [3.05, 3.63) is 35.4 Å². The van der Waals surface area contributed by atoms with Crippen LogP contribution in [-0.2, 0) is 9.53 Å². The highest BCUT2D eigenvalue weighted by atomic mass is 16.5. The van der Waals surface area contributed by atoms with Gasteiger partial charge in [0, 0.05) is 0 Å². The van der Waals surface area contributed by atoms with Crippen molar-refractivity contribution in [3.8, 4) is 0 Å². The number of ether oxygens (including phenoxy) is 1. The monoisotopic (exact) mass is 292 g/mol. The molecule has 1 N–H and O–H groups in total. The van der Waals surface area contributed by atoms with E-state index in [-0.39, 0.29) is 0 Å². The quantitative estimate of drug-likeness (QED) is 0.736. The highest BCUT2D eigenvalue weighted by molar-refractivity contribution is 5.78. The summed E-state index contributed by atoms with van der Waals surface area (Å²) < 4.78 is 4.78. The average molecular weight is 292 g/mol. The Hall–Kier alpha value is -1.35. The first kappa shape index (κ1) is 17.7. The second-order valence-corrected chi connectivity index (χ2v) is 5.68. The Morgan fingerprint density at radius 2 is 1.57 bits per heavy atom. The van der Waals surface area contributed by atoms with Gasteiger partial charge in [0.1, 0.15) is 5.92 Å². The van der Waals surface area contributed by atoms with E-state index in [0.717, 1.165) is 5.56 Å². The van der Waals surface area contributed by atoms with Crippen LogP contribution < -0.4 is 0 Å². The van der Waals surface area contributed by atoms with Crippen molar-refractivity contribution < 1.29 is 14.6 Å². The summed E-state index contributed by atoms with van der Waals surface area (Å²) in [6, 6.07) is 8.07. The molecule has 1 aromatic rings. The lowest BCUT2D eigenvalue weighted by Gasteiger charge is -2.20. The number of hydrogen-bond donors (Lipinski definition) is 1. The molecule has 0 aliphatic heterocycles. The average Bonchev–Trinajstić information content (AvgIpc) is 2.47. The second-order valence-electron chi connectivity index (χ2n) is 5.68. The zero-order valence-electron chi connectivity index (χ0n) is 13.6. The standard InChI is InChI=1S/C18H28O3/c1-5-7-14(8-6-2)15-9-11-16(12-10-15)17(13(3)19)18(20)21-4/h9-14,17,19H,5-8H2,1-4H3/t13-,17?/m1/s1. The van der Waals surface area contributed by atoms with Gasteiger partial charge in [0.05, 0.1) is 13.2 Å². The fourth-order valence-electron chi connectivity index (χ4n) is 2.89. The van der Waals surface area contributed by atoms with Gasteiger partial charge in [-0.3, -0.25) is 4.79 Å². The van der Waals surface area contributed by atoms with Crippen LogP contribution in [0.25, 0.3) is 0 Å². The molecule has 1 rings (SSSR count). The summed E-state index contributed by atoms with van der Waals surface area (Å²) in [5.41, 5.74) is 2.13. The molecular formula is C18H28O3. The Morgan fingerprint density at radius 1 is 1.10 bits per heavy atom. The van der Waals surface area contributed by atoms with Crippen molar-refractivity contribution in [3.63, 3.8) is 0 Å². The molecule has 0 amide bonds. The minimum Gasteiger partial charge on any atom is -0.468 e. The maximum atomic E-state index is 11.8. The predicted octanol–water partition coefficient (Wildman–Crippen LogP) is 4.01. The molecule has 0 saturated heterocycles. The molecule has 1 aromatic carbocycles. The van der Waals surface area contributed by atoms with Crippen LogP contribution in [-0.4, -0.2) is 24.3 Å². The maximum absolute atomic E-state index is 11.8. The predicted molar refractivity (Wildman–Crippen MR) is 85.4 cm³/mol. The van der Waals surface area contributed by atoms with E-state index in [9.17, 15) is 9.90 Å². The zero-order chi connectivity index (χ0) is 15.8. The van der Waals surface area contributed by atoms with Crippen LogP contribution in [0.1, 0.15) is 69.4 Å². The Balaban J connectivity index is 2.96. The van der Waals surface area contributed by atoms with E-state index >= 15 is 0 Å². The first-order valence-corrected chi connectivity index (χ1v) is 7.90. The fourth-order valence-corrected chi connectivity index (χ4v) is 2.89. The molecule has 1 unspecified atom stereocenters. The molecule has 0 aliphatic carbocycles. The largest absolute Gasteiger partial charge is 0.468 e. The zero-order valence-corrected chi connectivity index (χ0v) is 13.6. The van der Waals surface area contributed by atoms with E-state index in [1.165, 1.54) is 38.4 Å². The molecule has 2 atom stereocenters. The van der Waals surface area contributed by atoms with Gasteiger partial charge >= 0.3 is 5.97 Å². The van der Waals surface area contributed by atoms with Crippen LogP contribution in [0.2, 0.25) is 0 Å². The number of hydrogen-bond acceptors (Lipinski definition) is 3. The van der Waals surface area contributed by atoms with E-state index in [4.69, 9.17) is 4.74 Å². The number of carbonyl (C=O) groups excluding carboxylic acids is 1. The molecule has 118 valence electrons. The summed E-state index contributed by atoms with van der Waals surface area (Å²) in [5, 5.41) is 9.81. The summed E-state index contributed by atoms with van der Waals surface area (Å²) >= 11 is 0. The van der Waals surface area contributed by atoms with Gasteiger partial charge in [-0.2, -0.15) is 0 Å². The molecule has 0 aliphatic rings. The third-order valence-electron chi connectivity index (χ3n) is 3.98. The van der Waals surface area contributed by atoms with Crippen LogP contribution in [0, 0.1) is 0 Å². The highest BCUT2D eigenvalue weighted by Crippen LogP contribution is 2.29. The summed E-state index contributed by atoms with van der Waals surface area (Å²) in [6.45, 7) is 6.03. The minimum absolute atomic E-state index is 0.392. The van der Waals surface area contributed by atoms with Gasteiger partial charge in [-0.25, -0.2) is 0 Å². The summed E-state index contributed by atoms with van der Waals surface area (Å²) in [6.07, 6.45) is 3.95. The lowest BCUT2D eigenvalue weighted by molar-refractivity contribution is -0.144. The Morgan fingerprint density at radius 3 is 1.95 bits per heavy atom. The van der Waals surface area contributed by atoms with Crippen molar-refractivity contribution >= 4 is 5.97 Å². The van der Waals surface area contributed by atoms with Gasteiger partial charge < -0.3 is 9.84 Å². The molecule has 0 radical (unpaired) electrons. The number of esters is 1. The van der Waals surface area contributed by atoms with Crippen molar-refractivity contribution in [2.45, 2.75) is 64.4 Å². The summed E-state index contributed by atoms with van der Waals surface area (Å²) in [7, 11) is 1.35. The molecule has 3 heteroatoms. The highest BCUT2D eigenvalue weighted by Gasteiger charge is 2.26. The lowest BCUT2D eigenvalue weighted by Crippen LogP contribution is -2.24. The van der Waals surface area contributed by atoms with Crippen molar-refractivity contribution in [2.24, 2.45) is 0 Å². The number of methoxy groups -OCH3 is 1. The lowest BCUT2D eigenvalue weighted by atomic mass is 9.87. The fraction of sp³-hybridized carbons (Fsp3) is 0.611. The summed E-state index contributed by atoms with van der Waals surface area (Å²) in [4.78, 5) is 11.8. The molecule has 0 saturated carbocycles. The number of rotatable bonds is 8. The van der Waals surface area contributed by atoms with Crippen molar-refractivity contribution in [1.82, 2.24) is 0 Å². The van der Waals surface area contributed by atoms with Gasteiger partial charge in [-0.15, -0.1) is 0 Å². The molecule has 0 heterocycles. The topological polar surface area (TPSA) is 46.5 Å². The van der Waals surface area contributed by atoms with Gasteiger partial charge in [-0.1, -0.05) is 51.0 Å². The molecular weight excluding hydrogens is 264 g/mol. The van der Waals surface area contributed by atoms with E-state index in [0.29, 0.717) is 5.92 Å². The number of aliphatic hydroxyl groups is 1. The number of aliphatic hydroxyl groups excluding tert-OH is 1. The number of benzene rings is 1. The molecule has 21 heavy (non-hydrogen) atoms. The normalized spacial score (nSPS) is 14.0. The molecule has 0 spiro atoms. The van der Waals surface area contributed by atoms with Crippen LogP contribution in [0.15, 0.2) is 24.3 Å². The maximum Gasteiger partial charge on any atom is 0.315 e. The van der Waals surface area contributed by atoms with Crippen LogP contribution >= 0.6 is 0 Å². The van der Waals surface area contributed by atoms with E-state index in [1.807, 2.05) is 12.1 Å². The molecule has 0 aromatic heterocycles. The van der Waals surface area contributed by atoms with Crippen LogP contribution in [0.3, 0.4) is 0 Å². The van der Waals surface area contributed by atoms with Gasteiger partial charge in [0.2, 0.25) is 0 Å². The second kappa shape index (κ2) is 8.83. The molecule has 0 fully saturated rings. The van der Waals surface area contributed by atoms with E-state index in [2.05, 4.69) is 26.0 Å². The van der Waals surface area contributed by atoms with E-state index < -0.39 is 18.0 Å². The van der Waals surface area contributed by atoms with Crippen LogP contribution in [0.4, 0.5) is 0 Å². The minimum atomic E-state index is -0.759. The van der Waals surface area contributed by atoms with Gasteiger partial charge in [0.25, 0.3) is 0 Å². The third-order valence-corrected chi connectivity index (χ3v) is 3.98. The SMILES string of the molecule is CCCC(CCC)c1ccc(C(C(=O)OC)[C@@H](C)O)cc1. The van der Waals surface area contributed by atoms with Crippen molar-refractivity contribution in [1.29, 1.82) is 0 Å². The Labute approximate surface area is 128 Å². The Kier molecular flexibility index (Phi) is 7.44. The van der Waals surface area contributed by atoms with Gasteiger partial charge in [-0.05, 0) is 36.8 Å². The smallest absolute Gasteiger partial charge is 0.315 e. The number of carbonyl (C=O) groups is 1. The van der Waals surface area contributed by atoms with E-state index in [1.54, 1.807) is 6.92 Å². The summed E-state index contributed by atoms with van der Waals surface area (Å²) in [5.74, 6) is -0.423. The first-order chi connectivity index (χ1) is 10.0. The van der Waals surface area contributed by atoms with Crippen LogP contribution in [0.5, 0.6) is 0 Å². The van der Waals surface area contributed by atoms with Crippen molar-refractivity contribution in [2.75, 3.05) is 7.11 Å². The Bertz CT molecular complexity index is 417.